The number of anilines is 2. The van der Waals surface area contributed by atoms with Crippen molar-refractivity contribution in [3.8, 4) is 11.4 Å². The van der Waals surface area contributed by atoms with Gasteiger partial charge in [0.05, 0.1) is 0 Å². The highest BCUT2D eigenvalue weighted by atomic mass is 35.5. The molecule has 0 aliphatic heterocycles. The zero-order valence-corrected chi connectivity index (χ0v) is 13.9. The molecule has 0 bridgehead atoms. The Hall–Kier alpha value is -2.86. The van der Waals surface area contributed by atoms with E-state index in [9.17, 15) is 4.79 Å². The highest BCUT2D eigenvalue weighted by Crippen LogP contribution is 2.21. The molecule has 6 nitrogen and oxygen atoms in total. The minimum Gasteiger partial charge on any atom is -0.339 e. The van der Waals surface area contributed by atoms with Crippen molar-refractivity contribution < 1.29 is 9.32 Å². The molecule has 0 spiro atoms. The lowest BCUT2D eigenvalue weighted by atomic mass is 10.2. The highest BCUT2D eigenvalue weighted by Gasteiger charge is 2.08. The lowest BCUT2D eigenvalue weighted by molar-refractivity contribution is 0.262. The normalized spacial score (nSPS) is 10.5. The molecule has 2 aromatic carbocycles. The van der Waals surface area contributed by atoms with E-state index < -0.39 is 0 Å². The summed E-state index contributed by atoms with van der Waals surface area (Å²) in [4.78, 5) is 16.3. The number of hydrogen-bond acceptors (Lipinski definition) is 4. The van der Waals surface area contributed by atoms with Crippen molar-refractivity contribution in [2.75, 3.05) is 10.6 Å². The molecule has 24 heavy (non-hydrogen) atoms. The summed E-state index contributed by atoms with van der Waals surface area (Å²) >= 11 is 5.95. The predicted molar refractivity (Wildman–Crippen MR) is 93.3 cm³/mol. The Morgan fingerprint density at radius 2 is 1.83 bits per heavy atom. The van der Waals surface area contributed by atoms with E-state index in [1.807, 2.05) is 25.1 Å². The van der Waals surface area contributed by atoms with Gasteiger partial charge in [-0.1, -0.05) is 22.8 Å². The number of benzene rings is 2. The topological polar surface area (TPSA) is 80.0 Å². The minimum absolute atomic E-state index is 0.344. The molecule has 0 radical (unpaired) electrons. The van der Waals surface area contributed by atoms with Gasteiger partial charge in [-0.25, -0.2) is 4.79 Å². The number of nitrogens with zero attached hydrogens (tertiary/aromatic N) is 2. The third-order valence-electron chi connectivity index (χ3n) is 3.38. The molecule has 7 heteroatoms. The average molecular weight is 343 g/mol. The van der Waals surface area contributed by atoms with Gasteiger partial charge >= 0.3 is 6.03 Å². The van der Waals surface area contributed by atoms with E-state index in [2.05, 4.69) is 20.8 Å². The van der Waals surface area contributed by atoms with E-state index in [1.165, 1.54) is 0 Å². The van der Waals surface area contributed by atoms with Crippen molar-refractivity contribution >= 4 is 29.0 Å². The monoisotopic (exact) mass is 342 g/mol. The van der Waals surface area contributed by atoms with Crippen LogP contribution in [0.4, 0.5) is 16.2 Å². The van der Waals surface area contributed by atoms with Crippen LogP contribution >= 0.6 is 11.6 Å². The predicted octanol–water partition coefficient (Wildman–Crippen LogP) is 4.65. The second kappa shape index (κ2) is 6.72. The molecule has 1 aromatic heterocycles. The number of halogens is 1. The van der Waals surface area contributed by atoms with Crippen LogP contribution in [0.1, 0.15) is 11.5 Å². The number of hydrogen-bond donors (Lipinski definition) is 2. The molecule has 0 saturated carbocycles. The molecule has 0 saturated heterocycles. The first-order chi connectivity index (χ1) is 11.5. The third kappa shape index (κ3) is 3.72. The summed E-state index contributed by atoms with van der Waals surface area (Å²) in [5.41, 5.74) is 3.05. The first-order valence-electron chi connectivity index (χ1n) is 7.26. The van der Waals surface area contributed by atoms with Gasteiger partial charge in [-0.3, -0.25) is 0 Å². The Morgan fingerprint density at radius 3 is 2.50 bits per heavy atom. The lowest BCUT2D eigenvalue weighted by Crippen LogP contribution is -2.19. The van der Waals surface area contributed by atoms with Crippen molar-refractivity contribution in [1.82, 2.24) is 10.1 Å². The maximum absolute atomic E-state index is 12.1. The number of amides is 2. The minimum atomic E-state index is -0.344. The largest absolute Gasteiger partial charge is 0.339 e. The van der Waals surface area contributed by atoms with Crippen LogP contribution in [0, 0.1) is 13.8 Å². The number of urea groups is 1. The first-order valence-corrected chi connectivity index (χ1v) is 7.64. The van der Waals surface area contributed by atoms with Crippen LogP contribution in [0.5, 0.6) is 0 Å². The Morgan fingerprint density at radius 1 is 1.08 bits per heavy atom. The van der Waals surface area contributed by atoms with Crippen LogP contribution in [-0.2, 0) is 0 Å². The van der Waals surface area contributed by atoms with Crippen LogP contribution in [-0.4, -0.2) is 16.2 Å². The number of aryl methyl sites for hydroxylation is 2. The Bertz CT molecular complexity index is 875. The second-order valence-corrected chi connectivity index (χ2v) is 5.69. The van der Waals surface area contributed by atoms with Crippen LogP contribution in [0.3, 0.4) is 0 Å². The standard InChI is InChI=1S/C17H15ClN4O2/c1-10-3-6-13(18)9-15(10)21-17(23)20-14-7-4-12(5-8-14)16-19-11(2)24-22-16/h3-9H,1-2H3,(H2,20,21,23). The van der Waals surface area contributed by atoms with Gasteiger partial charge in [-0.15, -0.1) is 0 Å². The SMILES string of the molecule is Cc1nc(-c2ccc(NC(=O)Nc3cc(Cl)ccc3C)cc2)no1. The van der Waals surface area contributed by atoms with Gasteiger partial charge in [0.25, 0.3) is 0 Å². The van der Waals surface area contributed by atoms with Gasteiger partial charge in [-0.05, 0) is 48.9 Å². The molecule has 0 unspecified atom stereocenters. The van der Waals surface area contributed by atoms with E-state index in [0.717, 1.165) is 11.1 Å². The summed E-state index contributed by atoms with van der Waals surface area (Å²) in [5.74, 6) is 1.02. The van der Waals surface area contributed by atoms with Gasteiger partial charge in [0.15, 0.2) is 0 Å². The van der Waals surface area contributed by atoms with Crippen molar-refractivity contribution in [2.24, 2.45) is 0 Å². The fourth-order valence-electron chi connectivity index (χ4n) is 2.13. The zero-order valence-electron chi connectivity index (χ0n) is 13.1. The quantitative estimate of drug-likeness (QED) is 0.726. The summed E-state index contributed by atoms with van der Waals surface area (Å²) in [6, 6.07) is 12.1. The molecule has 0 fully saturated rings. The maximum atomic E-state index is 12.1. The fraction of sp³-hybridized carbons (Fsp3) is 0.118. The summed E-state index contributed by atoms with van der Waals surface area (Å²) in [7, 11) is 0. The van der Waals surface area contributed by atoms with E-state index in [0.29, 0.717) is 28.1 Å². The van der Waals surface area contributed by atoms with Gasteiger partial charge < -0.3 is 15.2 Å². The van der Waals surface area contributed by atoms with Crippen LogP contribution in [0.25, 0.3) is 11.4 Å². The summed E-state index contributed by atoms with van der Waals surface area (Å²) in [6.45, 7) is 3.63. The van der Waals surface area contributed by atoms with Crippen LogP contribution in [0.15, 0.2) is 47.0 Å². The summed E-state index contributed by atoms with van der Waals surface area (Å²) in [5, 5.41) is 9.96. The zero-order chi connectivity index (χ0) is 17.1. The van der Waals surface area contributed by atoms with Gasteiger partial charge in [0.1, 0.15) is 0 Å². The lowest BCUT2D eigenvalue weighted by Gasteiger charge is -2.10. The van der Waals surface area contributed by atoms with Crippen LogP contribution < -0.4 is 10.6 Å². The Kier molecular flexibility index (Phi) is 4.48. The number of carbonyl (C=O) groups is 1. The smallest absolute Gasteiger partial charge is 0.323 e. The molecule has 0 aliphatic rings. The number of rotatable bonds is 3. The van der Waals surface area contributed by atoms with Crippen molar-refractivity contribution in [2.45, 2.75) is 13.8 Å². The molecule has 122 valence electrons. The fourth-order valence-corrected chi connectivity index (χ4v) is 2.30. The number of nitrogens with one attached hydrogen (secondary N) is 2. The molecular weight excluding hydrogens is 328 g/mol. The number of carbonyl (C=O) groups excluding carboxylic acids is 1. The van der Waals surface area contributed by atoms with E-state index in [1.54, 1.807) is 31.2 Å². The van der Waals surface area contributed by atoms with E-state index in [-0.39, 0.29) is 6.03 Å². The average Bonchev–Trinajstić information content (AvgIpc) is 2.98. The molecular formula is C17H15ClN4O2. The second-order valence-electron chi connectivity index (χ2n) is 5.25. The van der Waals surface area contributed by atoms with E-state index >= 15 is 0 Å². The number of aromatic nitrogens is 2. The summed E-state index contributed by atoms with van der Waals surface area (Å²) < 4.78 is 4.95. The first kappa shape index (κ1) is 16.0. The Labute approximate surface area is 143 Å². The Balaban J connectivity index is 1.67. The van der Waals surface area contributed by atoms with Crippen LogP contribution in [0.2, 0.25) is 5.02 Å². The highest BCUT2D eigenvalue weighted by molar-refractivity contribution is 6.31. The molecule has 0 aliphatic carbocycles. The molecule has 2 N–H and O–H groups in total. The molecule has 0 atom stereocenters. The molecule has 3 aromatic rings. The molecule has 2 amide bonds. The van der Waals surface area contributed by atoms with Gasteiger partial charge in [0, 0.05) is 28.9 Å². The molecule has 1 heterocycles. The van der Waals surface area contributed by atoms with Crippen molar-refractivity contribution in [3.05, 3.63) is 58.9 Å². The van der Waals surface area contributed by atoms with Crippen molar-refractivity contribution in [1.29, 1.82) is 0 Å². The van der Waals surface area contributed by atoms with Crippen molar-refractivity contribution in [3.63, 3.8) is 0 Å². The van der Waals surface area contributed by atoms with E-state index in [4.69, 9.17) is 16.1 Å². The maximum Gasteiger partial charge on any atom is 0.323 e. The third-order valence-corrected chi connectivity index (χ3v) is 3.61. The molecule has 3 rings (SSSR count). The van der Waals surface area contributed by atoms with Gasteiger partial charge in [0.2, 0.25) is 11.7 Å². The summed E-state index contributed by atoms with van der Waals surface area (Å²) in [6.07, 6.45) is 0. The van der Waals surface area contributed by atoms with Gasteiger partial charge in [-0.2, -0.15) is 4.98 Å².